The molecule has 1 heterocycles. The summed E-state index contributed by atoms with van der Waals surface area (Å²) in [6.07, 6.45) is -0.607. The zero-order valence-electron chi connectivity index (χ0n) is 14.9. The number of fused-ring (bicyclic) bond motifs is 1. The Hall–Kier alpha value is -3.02. The summed E-state index contributed by atoms with van der Waals surface area (Å²) in [6, 6.07) is 16.7. The fraction of sp³-hybridized carbons (Fsp3) is 0.300. The molecule has 2 aromatic rings. The summed E-state index contributed by atoms with van der Waals surface area (Å²) in [4.78, 5) is 28.1. The van der Waals surface area contributed by atoms with Gasteiger partial charge in [0, 0.05) is 7.05 Å². The van der Waals surface area contributed by atoms with E-state index in [4.69, 9.17) is 9.47 Å². The van der Waals surface area contributed by atoms with E-state index in [1.807, 2.05) is 42.5 Å². The predicted octanol–water partition coefficient (Wildman–Crippen LogP) is 2.34. The largest absolute Gasteiger partial charge is 0.492 e. The van der Waals surface area contributed by atoms with E-state index in [1.165, 1.54) is 4.90 Å². The zero-order chi connectivity index (χ0) is 18.5. The van der Waals surface area contributed by atoms with Crippen LogP contribution in [0.2, 0.25) is 0 Å². The van der Waals surface area contributed by atoms with Crippen molar-refractivity contribution in [3.05, 3.63) is 54.6 Å². The Morgan fingerprint density at radius 3 is 2.62 bits per heavy atom. The minimum Gasteiger partial charge on any atom is -0.492 e. The molecule has 0 saturated carbocycles. The maximum Gasteiger partial charge on any atom is 0.268 e. The Labute approximate surface area is 152 Å². The van der Waals surface area contributed by atoms with Crippen molar-refractivity contribution in [3.8, 4) is 11.5 Å². The second-order valence-electron chi connectivity index (χ2n) is 6.13. The molecular formula is C20H22N2O4. The van der Waals surface area contributed by atoms with Gasteiger partial charge in [-0.1, -0.05) is 30.3 Å². The lowest BCUT2D eigenvalue weighted by atomic mass is 10.2. The van der Waals surface area contributed by atoms with Crippen LogP contribution in [0.15, 0.2) is 54.6 Å². The summed E-state index contributed by atoms with van der Waals surface area (Å²) in [5.74, 6) is 1.01. The highest BCUT2D eigenvalue weighted by atomic mass is 16.5. The molecule has 0 bridgehead atoms. The summed E-state index contributed by atoms with van der Waals surface area (Å²) in [7, 11) is 1.71. The van der Waals surface area contributed by atoms with Crippen LogP contribution in [0.25, 0.3) is 0 Å². The second kappa shape index (κ2) is 7.91. The Morgan fingerprint density at radius 1 is 1.15 bits per heavy atom. The Bertz CT molecular complexity index is 778. The number of carbonyl (C=O) groups is 2. The Kier molecular flexibility index (Phi) is 5.41. The summed E-state index contributed by atoms with van der Waals surface area (Å²) in [5.41, 5.74) is 0.623. The van der Waals surface area contributed by atoms with Gasteiger partial charge in [-0.05, 0) is 31.2 Å². The number of benzene rings is 2. The number of rotatable bonds is 6. The van der Waals surface area contributed by atoms with Gasteiger partial charge in [-0.25, -0.2) is 0 Å². The third kappa shape index (κ3) is 3.96. The number of hydrogen-bond acceptors (Lipinski definition) is 4. The maximum atomic E-state index is 12.6. The lowest BCUT2D eigenvalue weighted by Gasteiger charge is -2.33. The maximum absolute atomic E-state index is 12.6. The highest BCUT2D eigenvalue weighted by Crippen LogP contribution is 2.33. The van der Waals surface area contributed by atoms with Crippen molar-refractivity contribution >= 4 is 17.5 Å². The number of ether oxygens (including phenoxy) is 2. The van der Waals surface area contributed by atoms with Crippen molar-refractivity contribution in [2.24, 2.45) is 0 Å². The normalized spacial score (nSPS) is 15.8. The number of likely N-dealkylation sites (N-methyl/N-ethyl adjacent to an activating group) is 1. The van der Waals surface area contributed by atoms with E-state index in [9.17, 15) is 9.59 Å². The van der Waals surface area contributed by atoms with Crippen LogP contribution in [-0.4, -0.2) is 49.6 Å². The number of hydrogen-bond donors (Lipinski definition) is 0. The fourth-order valence-corrected chi connectivity index (χ4v) is 2.72. The monoisotopic (exact) mass is 354 g/mol. The van der Waals surface area contributed by atoms with Crippen LogP contribution in [0, 0.1) is 0 Å². The third-order valence-corrected chi connectivity index (χ3v) is 4.23. The van der Waals surface area contributed by atoms with Crippen molar-refractivity contribution in [1.82, 2.24) is 4.90 Å². The van der Waals surface area contributed by atoms with Gasteiger partial charge in [-0.15, -0.1) is 0 Å². The van der Waals surface area contributed by atoms with Gasteiger partial charge < -0.3 is 14.4 Å². The van der Waals surface area contributed by atoms with Crippen LogP contribution >= 0.6 is 0 Å². The molecule has 1 atom stereocenters. The van der Waals surface area contributed by atoms with Crippen molar-refractivity contribution in [2.45, 2.75) is 13.0 Å². The molecule has 2 aromatic carbocycles. The van der Waals surface area contributed by atoms with E-state index < -0.39 is 6.10 Å². The smallest absolute Gasteiger partial charge is 0.268 e. The SMILES string of the molecule is CC1Oc2ccccc2N(CC(=O)N(C)CCOc2ccccc2)C1=O. The van der Waals surface area contributed by atoms with Gasteiger partial charge in [0.1, 0.15) is 24.7 Å². The summed E-state index contributed by atoms with van der Waals surface area (Å²) in [5, 5.41) is 0. The molecule has 1 aliphatic rings. The molecule has 0 N–H and O–H groups in total. The minimum absolute atomic E-state index is 0.0224. The first kappa shape index (κ1) is 17.8. The number of para-hydroxylation sites is 3. The molecule has 0 spiro atoms. The van der Waals surface area contributed by atoms with Crippen LogP contribution in [-0.2, 0) is 9.59 Å². The quantitative estimate of drug-likeness (QED) is 0.799. The van der Waals surface area contributed by atoms with Gasteiger partial charge in [0.05, 0.1) is 12.2 Å². The molecule has 0 aromatic heterocycles. The average Bonchev–Trinajstić information content (AvgIpc) is 2.66. The number of carbonyl (C=O) groups excluding carboxylic acids is 2. The third-order valence-electron chi connectivity index (χ3n) is 4.23. The fourth-order valence-electron chi connectivity index (χ4n) is 2.72. The molecule has 0 radical (unpaired) electrons. The molecule has 0 aliphatic carbocycles. The topological polar surface area (TPSA) is 59.1 Å². The van der Waals surface area contributed by atoms with E-state index >= 15 is 0 Å². The van der Waals surface area contributed by atoms with Crippen molar-refractivity contribution in [2.75, 3.05) is 31.6 Å². The van der Waals surface area contributed by atoms with Crippen LogP contribution in [0.5, 0.6) is 11.5 Å². The average molecular weight is 354 g/mol. The number of amides is 2. The van der Waals surface area contributed by atoms with Crippen LogP contribution in [0.1, 0.15) is 6.92 Å². The standard InChI is InChI=1S/C20H22N2O4/c1-15-20(24)22(17-10-6-7-11-18(17)26-15)14-19(23)21(2)12-13-25-16-8-4-3-5-9-16/h3-11,15H,12-14H2,1-2H3. The Morgan fingerprint density at radius 2 is 1.85 bits per heavy atom. The van der Waals surface area contributed by atoms with E-state index in [-0.39, 0.29) is 18.4 Å². The van der Waals surface area contributed by atoms with Crippen LogP contribution in [0.3, 0.4) is 0 Å². The van der Waals surface area contributed by atoms with Crippen molar-refractivity contribution in [1.29, 1.82) is 0 Å². The second-order valence-corrected chi connectivity index (χ2v) is 6.13. The van der Waals surface area contributed by atoms with Gasteiger partial charge in [0.25, 0.3) is 5.91 Å². The minimum atomic E-state index is -0.607. The van der Waals surface area contributed by atoms with Crippen molar-refractivity contribution in [3.63, 3.8) is 0 Å². The molecule has 3 rings (SSSR count). The van der Waals surface area contributed by atoms with E-state index in [2.05, 4.69) is 0 Å². The highest BCUT2D eigenvalue weighted by Gasteiger charge is 2.32. The first-order chi connectivity index (χ1) is 12.6. The predicted molar refractivity (Wildman–Crippen MR) is 98.5 cm³/mol. The van der Waals surface area contributed by atoms with E-state index in [0.29, 0.717) is 24.6 Å². The molecule has 1 aliphatic heterocycles. The molecule has 26 heavy (non-hydrogen) atoms. The molecule has 1 unspecified atom stereocenters. The highest BCUT2D eigenvalue weighted by molar-refractivity contribution is 6.03. The van der Waals surface area contributed by atoms with E-state index in [1.54, 1.807) is 31.0 Å². The number of anilines is 1. The molecule has 6 heteroatoms. The van der Waals surface area contributed by atoms with E-state index in [0.717, 1.165) is 5.75 Å². The number of nitrogens with zero attached hydrogens (tertiary/aromatic N) is 2. The lowest BCUT2D eigenvalue weighted by Crippen LogP contribution is -2.49. The summed E-state index contributed by atoms with van der Waals surface area (Å²) < 4.78 is 11.2. The molecule has 6 nitrogen and oxygen atoms in total. The van der Waals surface area contributed by atoms with Crippen molar-refractivity contribution < 1.29 is 19.1 Å². The Balaban J connectivity index is 1.59. The van der Waals surface area contributed by atoms with Crippen LogP contribution in [0.4, 0.5) is 5.69 Å². The van der Waals surface area contributed by atoms with Crippen LogP contribution < -0.4 is 14.4 Å². The van der Waals surface area contributed by atoms with Gasteiger partial charge in [0.2, 0.25) is 5.91 Å². The van der Waals surface area contributed by atoms with Gasteiger partial charge in [-0.2, -0.15) is 0 Å². The molecule has 2 amide bonds. The first-order valence-electron chi connectivity index (χ1n) is 8.55. The molecule has 0 fully saturated rings. The molecule has 136 valence electrons. The molecular weight excluding hydrogens is 332 g/mol. The van der Waals surface area contributed by atoms with Gasteiger partial charge in [-0.3, -0.25) is 14.5 Å². The lowest BCUT2D eigenvalue weighted by molar-refractivity contribution is -0.132. The van der Waals surface area contributed by atoms with Gasteiger partial charge in [0.15, 0.2) is 6.10 Å². The van der Waals surface area contributed by atoms with Gasteiger partial charge >= 0.3 is 0 Å². The first-order valence-corrected chi connectivity index (χ1v) is 8.55. The molecule has 0 saturated heterocycles. The summed E-state index contributed by atoms with van der Waals surface area (Å²) in [6.45, 7) is 2.48. The zero-order valence-corrected chi connectivity index (χ0v) is 14.9. The summed E-state index contributed by atoms with van der Waals surface area (Å²) >= 11 is 0.